The molecule has 1 aliphatic rings. The van der Waals surface area contributed by atoms with Crippen molar-refractivity contribution < 1.29 is 9.59 Å². The lowest BCUT2D eigenvalue weighted by molar-refractivity contribution is -0.122. The van der Waals surface area contributed by atoms with Gasteiger partial charge in [0.2, 0.25) is 5.91 Å². The maximum absolute atomic E-state index is 11.3. The zero-order valence-corrected chi connectivity index (χ0v) is 11.6. The average Bonchev–Trinajstić information content (AvgIpc) is 2.38. The summed E-state index contributed by atoms with van der Waals surface area (Å²) in [6.07, 6.45) is 1.77. The molecule has 1 saturated heterocycles. The van der Waals surface area contributed by atoms with Crippen LogP contribution in [0.4, 0.5) is 5.69 Å². The number of benzene rings is 1. The van der Waals surface area contributed by atoms with Crippen LogP contribution in [-0.2, 0) is 4.79 Å². The largest absolute Gasteiger partial charge is 0.371 e. The van der Waals surface area contributed by atoms with Crippen molar-refractivity contribution in [3.8, 4) is 0 Å². The number of hydrogen-bond acceptors (Lipinski definition) is 3. The summed E-state index contributed by atoms with van der Waals surface area (Å²) in [4.78, 5) is 24.7. The van der Waals surface area contributed by atoms with Gasteiger partial charge < -0.3 is 10.6 Å². The van der Waals surface area contributed by atoms with Crippen LogP contribution in [0.1, 0.15) is 30.1 Å². The number of carbonyl (C=O) groups is 2. The minimum absolute atomic E-state index is 0.0507. The van der Waals surface area contributed by atoms with Crippen LogP contribution < -0.4 is 10.6 Å². The molecule has 0 bridgehead atoms. The molecule has 1 heterocycles. The van der Waals surface area contributed by atoms with E-state index in [9.17, 15) is 9.59 Å². The Morgan fingerprint density at radius 2 is 2.16 bits per heavy atom. The number of halogens is 1. The number of hydrogen-bond donors (Lipinski definition) is 1. The Morgan fingerprint density at radius 3 is 2.74 bits per heavy atom. The van der Waals surface area contributed by atoms with Gasteiger partial charge in [0.1, 0.15) is 0 Å². The molecule has 1 atom stereocenters. The second-order valence-electron chi connectivity index (χ2n) is 4.91. The summed E-state index contributed by atoms with van der Waals surface area (Å²) in [7, 11) is 0. The lowest BCUT2D eigenvalue weighted by Gasteiger charge is -2.33. The second-order valence-corrected chi connectivity index (χ2v) is 5.32. The minimum atomic E-state index is -0.254. The second kappa shape index (κ2) is 5.61. The van der Waals surface area contributed by atoms with Crippen molar-refractivity contribution >= 4 is 29.0 Å². The predicted molar refractivity (Wildman–Crippen MR) is 75.6 cm³/mol. The highest BCUT2D eigenvalue weighted by atomic mass is 35.5. The number of Topliss-reactive ketones (excluding diaryl/α,β-unsaturated/α-hetero) is 1. The summed E-state index contributed by atoms with van der Waals surface area (Å²) >= 11 is 6.10. The monoisotopic (exact) mass is 280 g/mol. The summed E-state index contributed by atoms with van der Waals surface area (Å²) in [5.41, 5.74) is 6.82. The fourth-order valence-corrected chi connectivity index (χ4v) is 2.74. The third-order valence-electron chi connectivity index (χ3n) is 3.52. The molecule has 2 rings (SSSR count). The number of ketones is 1. The quantitative estimate of drug-likeness (QED) is 0.864. The molecule has 1 amide bonds. The van der Waals surface area contributed by atoms with E-state index in [2.05, 4.69) is 4.90 Å². The highest BCUT2D eigenvalue weighted by Crippen LogP contribution is 2.27. The first-order valence-electron chi connectivity index (χ1n) is 6.34. The number of anilines is 1. The Hall–Kier alpha value is -1.55. The summed E-state index contributed by atoms with van der Waals surface area (Å²) < 4.78 is 0. The topological polar surface area (TPSA) is 63.4 Å². The molecule has 0 aliphatic carbocycles. The van der Waals surface area contributed by atoms with E-state index in [1.54, 1.807) is 12.1 Å². The first kappa shape index (κ1) is 13.9. The lowest BCUT2D eigenvalue weighted by Crippen LogP contribution is -2.41. The number of carbonyl (C=O) groups excluding carboxylic acids is 2. The smallest absolute Gasteiger partial charge is 0.222 e. The van der Waals surface area contributed by atoms with E-state index in [0.29, 0.717) is 17.1 Å². The van der Waals surface area contributed by atoms with Crippen LogP contribution in [0.5, 0.6) is 0 Å². The van der Waals surface area contributed by atoms with Crippen LogP contribution in [0.15, 0.2) is 18.2 Å². The molecule has 0 spiro atoms. The van der Waals surface area contributed by atoms with Crippen molar-refractivity contribution in [1.29, 1.82) is 0 Å². The Kier molecular flexibility index (Phi) is 4.10. The number of primary amides is 1. The summed E-state index contributed by atoms with van der Waals surface area (Å²) in [5.74, 6) is -0.415. The van der Waals surface area contributed by atoms with Crippen LogP contribution in [0.3, 0.4) is 0 Å². The first-order chi connectivity index (χ1) is 8.99. The molecule has 19 heavy (non-hydrogen) atoms. The highest BCUT2D eigenvalue weighted by Gasteiger charge is 2.24. The highest BCUT2D eigenvalue weighted by molar-refractivity contribution is 6.34. The summed E-state index contributed by atoms with van der Waals surface area (Å²) in [5, 5.41) is 0.450. The molecule has 4 nitrogen and oxygen atoms in total. The zero-order valence-electron chi connectivity index (χ0n) is 10.9. The third-order valence-corrected chi connectivity index (χ3v) is 3.83. The van der Waals surface area contributed by atoms with E-state index in [-0.39, 0.29) is 17.6 Å². The number of piperidine rings is 1. The van der Waals surface area contributed by atoms with Gasteiger partial charge in [0, 0.05) is 24.3 Å². The van der Waals surface area contributed by atoms with E-state index in [4.69, 9.17) is 17.3 Å². The molecule has 0 saturated carbocycles. The maximum atomic E-state index is 11.3. The van der Waals surface area contributed by atoms with Crippen molar-refractivity contribution in [2.24, 2.45) is 11.7 Å². The van der Waals surface area contributed by atoms with E-state index in [1.807, 2.05) is 6.07 Å². The Morgan fingerprint density at radius 1 is 1.42 bits per heavy atom. The molecular weight excluding hydrogens is 264 g/mol. The van der Waals surface area contributed by atoms with E-state index in [1.165, 1.54) is 6.92 Å². The van der Waals surface area contributed by atoms with Gasteiger partial charge >= 0.3 is 0 Å². The third kappa shape index (κ3) is 3.07. The van der Waals surface area contributed by atoms with Crippen molar-refractivity contribution in [3.05, 3.63) is 28.8 Å². The standard InChI is InChI=1S/C14H17ClN2O2/c1-9(18)12-5-4-11(7-13(12)15)17-6-2-3-10(8-17)14(16)19/h4-5,7,10H,2-3,6,8H2,1H3,(H2,16,19). The molecule has 0 aromatic heterocycles. The summed E-state index contributed by atoms with van der Waals surface area (Å²) in [6, 6.07) is 5.38. The van der Waals surface area contributed by atoms with Gasteiger partial charge in [-0.15, -0.1) is 0 Å². The van der Waals surface area contributed by atoms with Crippen molar-refractivity contribution in [1.82, 2.24) is 0 Å². The van der Waals surface area contributed by atoms with Gasteiger partial charge in [-0.2, -0.15) is 0 Å². The van der Waals surface area contributed by atoms with Crippen LogP contribution in [0, 0.1) is 5.92 Å². The number of nitrogens with two attached hydrogens (primary N) is 1. The van der Waals surface area contributed by atoms with Crippen LogP contribution in [0.25, 0.3) is 0 Å². The zero-order chi connectivity index (χ0) is 14.0. The Bertz CT molecular complexity index is 516. The van der Waals surface area contributed by atoms with Gasteiger partial charge in [-0.3, -0.25) is 9.59 Å². The Labute approximate surface area is 117 Å². The fourth-order valence-electron chi connectivity index (χ4n) is 2.43. The predicted octanol–water partition coefficient (Wildman–Crippen LogP) is 2.24. The molecule has 102 valence electrons. The number of amides is 1. The van der Waals surface area contributed by atoms with Crippen molar-refractivity contribution in [2.75, 3.05) is 18.0 Å². The fraction of sp³-hybridized carbons (Fsp3) is 0.429. The van der Waals surface area contributed by atoms with Gasteiger partial charge in [-0.25, -0.2) is 0 Å². The molecule has 1 fully saturated rings. The molecule has 0 radical (unpaired) electrons. The minimum Gasteiger partial charge on any atom is -0.371 e. The number of nitrogens with zero attached hydrogens (tertiary/aromatic N) is 1. The molecule has 1 aliphatic heterocycles. The molecule has 2 N–H and O–H groups in total. The van der Waals surface area contributed by atoms with Gasteiger partial charge in [-0.05, 0) is 38.0 Å². The molecule has 1 aromatic rings. The number of rotatable bonds is 3. The Balaban J connectivity index is 2.20. The molecule has 1 aromatic carbocycles. The van der Waals surface area contributed by atoms with Gasteiger partial charge in [0.05, 0.1) is 10.9 Å². The van der Waals surface area contributed by atoms with Crippen LogP contribution >= 0.6 is 11.6 Å². The first-order valence-corrected chi connectivity index (χ1v) is 6.71. The average molecular weight is 281 g/mol. The van der Waals surface area contributed by atoms with E-state index >= 15 is 0 Å². The van der Waals surface area contributed by atoms with E-state index < -0.39 is 0 Å². The van der Waals surface area contributed by atoms with Crippen molar-refractivity contribution in [2.45, 2.75) is 19.8 Å². The lowest BCUT2D eigenvalue weighted by atomic mass is 9.97. The van der Waals surface area contributed by atoms with Gasteiger partial charge in [-0.1, -0.05) is 11.6 Å². The van der Waals surface area contributed by atoms with Crippen LogP contribution in [0.2, 0.25) is 5.02 Å². The van der Waals surface area contributed by atoms with Crippen LogP contribution in [-0.4, -0.2) is 24.8 Å². The normalized spacial score (nSPS) is 19.3. The molecule has 1 unspecified atom stereocenters. The van der Waals surface area contributed by atoms with Gasteiger partial charge in [0.25, 0.3) is 0 Å². The molecule has 5 heteroatoms. The maximum Gasteiger partial charge on any atom is 0.222 e. The van der Waals surface area contributed by atoms with Crippen molar-refractivity contribution in [3.63, 3.8) is 0 Å². The molecular formula is C14H17ClN2O2. The SMILES string of the molecule is CC(=O)c1ccc(N2CCCC(C(N)=O)C2)cc1Cl. The van der Waals surface area contributed by atoms with Gasteiger partial charge in [0.15, 0.2) is 5.78 Å². The summed E-state index contributed by atoms with van der Waals surface area (Å²) in [6.45, 7) is 2.98. The van der Waals surface area contributed by atoms with E-state index in [0.717, 1.165) is 25.1 Å².